The minimum Gasteiger partial charge on any atom is -0.366 e. The van der Waals surface area contributed by atoms with Gasteiger partial charge < -0.3 is 15.6 Å². The highest BCUT2D eigenvalue weighted by Crippen LogP contribution is 2.36. The first-order valence-corrected chi connectivity index (χ1v) is 9.51. The van der Waals surface area contributed by atoms with E-state index in [4.69, 9.17) is 5.73 Å². The van der Waals surface area contributed by atoms with E-state index >= 15 is 0 Å². The molecule has 0 aliphatic rings. The van der Waals surface area contributed by atoms with Crippen molar-refractivity contribution in [3.05, 3.63) is 76.6 Å². The number of pyridine rings is 1. The summed E-state index contributed by atoms with van der Waals surface area (Å²) in [6.07, 6.45) is 3.83. The second kappa shape index (κ2) is 6.94. The number of carbonyl (C=O) groups excluding carboxylic acids is 2. The molecule has 28 heavy (non-hydrogen) atoms. The van der Waals surface area contributed by atoms with E-state index in [9.17, 15) is 9.59 Å². The van der Waals surface area contributed by atoms with Gasteiger partial charge >= 0.3 is 0 Å². The molecule has 0 bridgehead atoms. The molecule has 4 aromatic rings. The number of benzene rings is 1. The maximum absolute atomic E-state index is 13.1. The summed E-state index contributed by atoms with van der Waals surface area (Å²) in [6, 6.07) is 12.4. The van der Waals surface area contributed by atoms with Crippen molar-refractivity contribution in [3.8, 4) is 5.69 Å². The zero-order valence-corrected chi connectivity index (χ0v) is 16.2. The molecular weight excluding hydrogens is 372 g/mol. The average Bonchev–Trinajstić information content (AvgIpc) is 3.29. The van der Waals surface area contributed by atoms with Crippen molar-refractivity contribution in [2.75, 3.05) is 5.32 Å². The number of nitrogens with zero attached hydrogens (tertiary/aromatic N) is 2. The quantitative estimate of drug-likeness (QED) is 0.551. The minimum absolute atomic E-state index is 0.226. The number of nitrogens with two attached hydrogens (primary N) is 1. The second-order valence-electron chi connectivity index (χ2n) is 6.53. The normalized spacial score (nSPS) is 10.9. The zero-order valence-electron chi connectivity index (χ0n) is 15.4. The molecule has 4 rings (SSSR count). The fraction of sp³-hybridized carbons (Fsp3) is 0.0952. The molecule has 0 spiro atoms. The predicted octanol–water partition coefficient (Wildman–Crippen LogP) is 4.06. The molecule has 7 heteroatoms. The summed E-state index contributed by atoms with van der Waals surface area (Å²) in [4.78, 5) is 30.3. The van der Waals surface area contributed by atoms with Crippen LogP contribution in [0.4, 0.5) is 5.69 Å². The molecule has 1 aromatic carbocycles. The van der Waals surface area contributed by atoms with E-state index in [1.54, 1.807) is 24.3 Å². The molecule has 3 heterocycles. The van der Waals surface area contributed by atoms with Gasteiger partial charge in [-0.3, -0.25) is 9.59 Å². The third-order valence-electron chi connectivity index (χ3n) is 4.46. The topological polar surface area (TPSA) is 90.0 Å². The van der Waals surface area contributed by atoms with Crippen LogP contribution in [0.15, 0.2) is 54.9 Å². The number of aromatic nitrogens is 2. The lowest BCUT2D eigenvalue weighted by molar-refractivity contribution is 0.0998. The molecule has 0 aliphatic heterocycles. The van der Waals surface area contributed by atoms with E-state index in [0.717, 1.165) is 27.2 Å². The molecule has 3 aromatic heterocycles. The van der Waals surface area contributed by atoms with Crippen molar-refractivity contribution < 1.29 is 9.59 Å². The number of rotatable bonds is 4. The number of carbonyl (C=O) groups is 2. The van der Waals surface area contributed by atoms with Gasteiger partial charge in [-0.15, -0.1) is 11.3 Å². The Kier molecular flexibility index (Phi) is 4.44. The summed E-state index contributed by atoms with van der Waals surface area (Å²) in [5, 5.41) is 3.87. The van der Waals surface area contributed by atoms with Gasteiger partial charge in [0.1, 0.15) is 9.71 Å². The van der Waals surface area contributed by atoms with Gasteiger partial charge in [-0.2, -0.15) is 0 Å². The first-order valence-electron chi connectivity index (χ1n) is 8.69. The van der Waals surface area contributed by atoms with Crippen molar-refractivity contribution in [2.24, 2.45) is 5.73 Å². The van der Waals surface area contributed by atoms with Crippen LogP contribution >= 0.6 is 11.3 Å². The van der Waals surface area contributed by atoms with Crippen molar-refractivity contribution in [2.45, 2.75) is 13.8 Å². The number of thiophene rings is 1. The van der Waals surface area contributed by atoms with Gasteiger partial charge in [-0.1, -0.05) is 0 Å². The smallest absolute Gasteiger partial charge is 0.267 e. The van der Waals surface area contributed by atoms with Crippen LogP contribution < -0.4 is 11.1 Å². The van der Waals surface area contributed by atoms with Crippen LogP contribution in [0, 0.1) is 13.8 Å². The average molecular weight is 390 g/mol. The highest BCUT2D eigenvalue weighted by molar-refractivity contribution is 7.21. The van der Waals surface area contributed by atoms with Crippen LogP contribution in [-0.4, -0.2) is 21.4 Å². The highest BCUT2D eigenvalue weighted by atomic mass is 32.1. The molecule has 6 nitrogen and oxygen atoms in total. The molecule has 0 fully saturated rings. The summed E-state index contributed by atoms with van der Waals surface area (Å²) < 4.78 is 1.94. The summed E-state index contributed by atoms with van der Waals surface area (Å²) >= 11 is 1.37. The Hall–Kier alpha value is -3.45. The molecule has 0 unspecified atom stereocenters. The summed E-state index contributed by atoms with van der Waals surface area (Å²) in [6.45, 7) is 3.97. The lowest BCUT2D eigenvalue weighted by Crippen LogP contribution is -2.14. The summed E-state index contributed by atoms with van der Waals surface area (Å²) in [5.41, 5.74) is 9.06. The first-order chi connectivity index (χ1) is 13.4. The Bertz CT molecular complexity index is 1190. The SMILES string of the molecule is Cc1cc(C)c2c(-n3cccc3)c(C(=O)Nc3ccc(C(N)=O)cc3)sc2n1. The predicted molar refractivity (Wildman–Crippen MR) is 111 cm³/mol. The Morgan fingerprint density at radius 3 is 2.43 bits per heavy atom. The van der Waals surface area contributed by atoms with Crippen LogP contribution in [0.1, 0.15) is 31.3 Å². The van der Waals surface area contributed by atoms with Crippen LogP contribution in [0.3, 0.4) is 0 Å². The van der Waals surface area contributed by atoms with Crippen LogP contribution in [0.25, 0.3) is 15.9 Å². The van der Waals surface area contributed by atoms with Crippen LogP contribution in [0.5, 0.6) is 0 Å². The van der Waals surface area contributed by atoms with Crippen molar-refractivity contribution in [1.82, 2.24) is 9.55 Å². The summed E-state index contributed by atoms with van der Waals surface area (Å²) in [7, 11) is 0. The standard InChI is InChI=1S/C21H18N4O2S/c1-12-11-13(2)23-21-16(12)17(25-9-3-4-10-25)18(28-21)20(27)24-15-7-5-14(6-8-15)19(22)26/h3-11H,1-2H3,(H2,22,26)(H,24,27). The van der Waals surface area contributed by atoms with Gasteiger partial charge in [0.15, 0.2) is 0 Å². The Morgan fingerprint density at radius 2 is 1.79 bits per heavy atom. The largest absolute Gasteiger partial charge is 0.366 e. The van der Waals surface area contributed by atoms with E-state index in [2.05, 4.69) is 10.3 Å². The molecule has 2 amide bonds. The van der Waals surface area contributed by atoms with Gasteiger partial charge in [0.2, 0.25) is 5.91 Å². The highest BCUT2D eigenvalue weighted by Gasteiger charge is 2.22. The third-order valence-corrected chi connectivity index (χ3v) is 5.53. The molecule has 0 saturated carbocycles. The fourth-order valence-electron chi connectivity index (χ4n) is 3.21. The maximum Gasteiger partial charge on any atom is 0.267 e. The Labute approximate surface area is 165 Å². The van der Waals surface area contributed by atoms with Crippen molar-refractivity contribution >= 4 is 39.1 Å². The number of fused-ring (bicyclic) bond motifs is 1. The van der Waals surface area contributed by atoms with Gasteiger partial charge in [-0.25, -0.2) is 4.98 Å². The van der Waals surface area contributed by atoms with Gasteiger partial charge in [-0.05, 0) is 61.9 Å². The molecule has 0 radical (unpaired) electrons. The molecule has 0 saturated heterocycles. The van der Waals surface area contributed by atoms with Gasteiger partial charge in [0.05, 0.1) is 5.69 Å². The number of anilines is 1. The number of hydrogen-bond donors (Lipinski definition) is 2. The monoisotopic (exact) mass is 390 g/mol. The van der Waals surface area contributed by atoms with E-state index in [1.807, 2.05) is 49.0 Å². The minimum atomic E-state index is -0.505. The molecule has 0 atom stereocenters. The van der Waals surface area contributed by atoms with Crippen LogP contribution in [0.2, 0.25) is 0 Å². The van der Waals surface area contributed by atoms with Gasteiger partial charge in [0.25, 0.3) is 5.91 Å². The second-order valence-corrected chi connectivity index (χ2v) is 7.53. The lowest BCUT2D eigenvalue weighted by atomic mass is 10.1. The third kappa shape index (κ3) is 3.16. The van der Waals surface area contributed by atoms with Crippen LogP contribution in [-0.2, 0) is 0 Å². The molecule has 140 valence electrons. The number of amides is 2. The molecule has 3 N–H and O–H groups in total. The van der Waals surface area contributed by atoms with E-state index in [-0.39, 0.29) is 5.91 Å². The van der Waals surface area contributed by atoms with E-state index in [0.29, 0.717) is 16.1 Å². The van der Waals surface area contributed by atoms with E-state index < -0.39 is 5.91 Å². The first kappa shape index (κ1) is 17.9. The number of aryl methyl sites for hydroxylation is 2. The summed E-state index contributed by atoms with van der Waals surface area (Å²) in [5.74, 6) is -0.732. The fourth-order valence-corrected chi connectivity index (χ4v) is 4.40. The Balaban J connectivity index is 1.79. The number of nitrogens with one attached hydrogen (secondary N) is 1. The maximum atomic E-state index is 13.1. The van der Waals surface area contributed by atoms with Crippen molar-refractivity contribution in [1.29, 1.82) is 0 Å². The van der Waals surface area contributed by atoms with Crippen molar-refractivity contribution in [3.63, 3.8) is 0 Å². The Morgan fingerprint density at radius 1 is 1.11 bits per heavy atom. The zero-order chi connectivity index (χ0) is 19.8. The van der Waals surface area contributed by atoms with Gasteiger partial charge in [0, 0.05) is 34.7 Å². The lowest BCUT2D eigenvalue weighted by Gasteiger charge is -2.09. The molecule has 0 aliphatic carbocycles. The number of hydrogen-bond acceptors (Lipinski definition) is 4. The number of primary amides is 1. The molecular formula is C21H18N4O2S. The van der Waals surface area contributed by atoms with E-state index in [1.165, 1.54) is 11.3 Å².